The minimum absolute atomic E-state index is 0.0256. The molecule has 1 aliphatic heterocycles. The van der Waals surface area contributed by atoms with Crippen molar-refractivity contribution in [2.45, 2.75) is 90.3 Å². The number of urea groups is 1. The number of hydrogen-bond acceptors (Lipinski definition) is 2. The van der Waals surface area contributed by atoms with Crippen molar-refractivity contribution in [1.82, 2.24) is 4.90 Å². The molecule has 2 atom stereocenters. The highest BCUT2D eigenvalue weighted by Gasteiger charge is 2.26. The lowest BCUT2D eigenvalue weighted by atomic mass is 9.77. The quantitative estimate of drug-likeness (QED) is 0.593. The molecule has 156 valence electrons. The number of carbonyl (C=O) groups is 1. The Hall–Kier alpha value is -1.55. The SMILES string of the molecule is CCCCCC1CCC(c2ccc(NC(=O)N3C[C@@H](C)O[C@@H](C)C3)cc2)CC1. The Bertz CT molecular complexity index is 598. The van der Waals surface area contributed by atoms with Crippen LogP contribution in [0.15, 0.2) is 24.3 Å². The first kappa shape index (κ1) is 21.2. The smallest absolute Gasteiger partial charge is 0.322 e. The van der Waals surface area contributed by atoms with Gasteiger partial charge >= 0.3 is 6.03 Å². The monoisotopic (exact) mass is 386 g/mol. The Kier molecular flexibility index (Phi) is 7.78. The van der Waals surface area contributed by atoms with Gasteiger partial charge in [-0.05, 0) is 69.1 Å². The first-order chi connectivity index (χ1) is 13.5. The average Bonchev–Trinajstić information content (AvgIpc) is 2.69. The van der Waals surface area contributed by atoms with E-state index in [0.29, 0.717) is 19.0 Å². The zero-order valence-electron chi connectivity index (χ0n) is 18.0. The van der Waals surface area contributed by atoms with Crippen LogP contribution in [-0.4, -0.2) is 36.2 Å². The molecule has 4 heteroatoms. The summed E-state index contributed by atoms with van der Waals surface area (Å²) in [6.45, 7) is 7.61. The van der Waals surface area contributed by atoms with Gasteiger partial charge in [-0.2, -0.15) is 0 Å². The van der Waals surface area contributed by atoms with Crippen molar-refractivity contribution in [2.75, 3.05) is 18.4 Å². The number of nitrogens with one attached hydrogen (secondary N) is 1. The van der Waals surface area contributed by atoms with Crippen LogP contribution in [0.4, 0.5) is 10.5 Å². The van der Waals surface area contributed by atoms with Crippen LogP contribution < -0.4 is 5.32 Å². The predicted molar refractivity (Wildman–Crippen MR) is 116 cm³/mol. The standard InChI is InChI=1S/C24H38N2O2/c1-4-5-6-7-20-8-10-21(11-9-20)22-12-14-23(15-13-22)25-24(27)26-16-18(2)28-19(3)17-26/h12-15,18-21H,4-11,16-17H2,1-3H3,(H,25,27)/t18-,19+,20?,21?. The number of nitrogens with zero attached hydrogens (tertiary/aromatic N) is 1. The zero-order chi connectivity index (χ0) is 19.9. The molecule has 2 fully saturated rings. The van der Waals surface area contributed by atoms with Crippen LogP contribution in [0.2, 0.25) is 0 Å². The maximum atomic E-state index is 12.5. The minimum Gasteiger partial charge on any atom is -0.372 e. The van der Waals surface area contributed by atoms with Gasteiger partial charge in [0.2, 0.25) is 0 Å². The number of morpholine rings is 1. The summed E-state index contributed by atoms with van der Waals surface area (Å²) in [5, 5.41) is 3.05. The Morgan fingerprint density at radius 2 is 1.68 bits per heavy atom. The molecular weight excluding hydrogens is 348 g/mol. The van der Waals surface area contributed by atoms with E-state index in [-0.39, 0.29) is 18.2 Å². The summed E-state index contributed by atoms with van der Waals surface area (Å²) in [4.78, 5) is 14.4. The number of unbranched alkanes of at least 4 members (excludes halogenated alkanes) is 2. The third kappa shape index (κ3) is 5.97. The number of rotatable bonds is 6. The van der Waals surface area contributed by atoms with Crippen LogP contribution in [0.1, 0.15) is 83.6 Å². The van der Waals surface area contributed by atoms with Crippen molar-refractivity contribution < 1.29 is 9.53 Å². The molecule has 0 spiro atoms. The second-order valence-electron chi connectivity index (χ2n) is 8.93. The average molecular weight is 387 g/mol. The molecular formula is C24H38N2O2. The van der Waals surface area contributed by atoms with Gasteiger partial charge in [-0.1, -0.05) is 44.7 Å². The molecule has 2 amide bonds. The van der Waals surface area contributed by atoms with Crippen LogP contribution >= 0.6 is 0 Å². The molecule has 28 heavy (non-hydrogen) atoms. The van der Waals surface area contributed by atoms with Crippen molar-refractivity contribution >= 4 is 11.7 Å². The molecule has 0 radical (unpaired) electrons. The minimum atomic E-state index is -0.0256. The molecule has 1 aliphatic carbocycles. The van der Waals surface area contributed by atoms with E-state index in [4.69, 9.17) is 4.74 Å². The lowest BCUT2D eigenvalue weighted by molar-refractivity contribution is -0.0530. The van der Waals surface area contributed by atoms with Crippen molar-refractivity contribution in [3.8, 4) is 0 Å². The summed E-state index contributed by atoms with van der Waals surface area (Å²) < 4.78 is 5.71. The van der Waals surface area contributed by atoms with E-state index in [1.165, 1.54) is 56.9 Å². The van der Waals surface area contributed by atoms with E-state index in [1.807, 2.05) is 18.7 Å². The highest BCUT2D eigenvalue weighted by Crippen LogP contribution is 2.38. The fourth-order valence-corrected chi connectivity index (χ4v) is 4.85. The number of amides is 2. The molecule has 1 aromatic carbocycles. The van der Waals surface area contributed by atoms with E-state index < -0.39 is 0 Å². The molecule has 2 aliphatic rings. The first-order valence-electron chi connectivity index (χ1n) is 11.4. The Morgan fingerprint density at radius 3 is 2.29 bits per heavy atom. The van der Waals surface area contributed by atoms with Crippen LogP contribution in [0.5, 0.6) is 0 Å². The topological polar surface area (TPSA) is 41.6 Å². The van der Waals surface area contributed by atoms with Crippen LogP contribution in [0.25, 0.3) is 0 Å². The molecule has 1 saturated carbocycles. The fourth-order valence-electron chi connectivity index (χ4n) is 4.85. The lowest BCUT2D eigenvalue weighted by Crippen LogP contribution is -2.49. The third-order valence-electron chi connectivity index (χ3n) is 6.40. The number of carbonyl (C=O) groups excluding carboxylic acids is 1. The third-order valence-corrected chi connectivity index (χ3v) is 6.40. The van der Waals surface area contributed by atoms with Gasteiger partial charge in [-0.15, -0.1) is 0 Å². The zero-order valence-corrected chi connectivity index (χ0v) is 18.0. The first-order valence-corrected chi connectivity index (χ1v) is 11.4. The van der Waals surface area contributed by atoms with Crippen molar-refractivity contribution in [2.24, 2.45) is 5.92 Å². The number of ether oxygens (including phenoxy) is 1. The van der Waals surface area contributed by atoms with E-state index in [9.17, 15) is 4.79 Å². The summed E-state index contributed by atoms with van der Waals surface area (Å²) in [7, 11) is 0. The largest absolute Gasteiger partial charge is 0.372 e. The maximum Gasteiger partial charge on any atom is 0.322 e. The van der Waals surface area contributed by atoms with E-state index in [1.54, 1.807) is 0 Å². The molecule has 0 aromatic heterocycles. The normalized spacial score (nSPS) is 28.2. The highest BCUT2D eigenvalue weighted by atomic mass is 16.5. The van der Waals surface area contributed by atoms with Crippen LogP contribution in [0, 0.1) is 5.92 Å². The van der Waals surface area contributed by atoms with E-state index in [2.05, 4.69) is 36.5 Å². The molecule has 1 N–H and O–H groups in total. The molecule has 1 saturated heterocycles. The van der Waals surface area contributed by atoms with Gasteiger partial charge in [0.1, 0.15) is 0 Å². The Labute approximate surface area is 171 Å². The second kappa shape index (κ2) is 10.3. The molecule has 3 rings (SSSR count). The summed E-state index contributed by atoms with van der Waals surface area (Å²) in [6.07, 6.45) is 11.1. The van der Waals surface area contributed by atoms with E-state index >= 15 is 0 Å². The van der Waals surface area contributed by atoms with E-state index in [0.717, 1.165) is 11.6 Å². The number of benzene rings is 1. The van der Waals surface area contributed by atoms with Gasteiger partial charge in [-0.25, -0.2) is 4.79 Å². The molecule has 1 aromatic rings. The van der Waals surface area contributed by atoms with Crippen LogP contribution in [-0.2, 0) is 4.74 Å². The Balaban J connectivity index is 1.47. The predicted octanol–water partition coefficient (Wildman–Crippen LogP) is 6.18. The number of hydrogen-bond donors (Lipinski definition) is 1. The molecule has 0 bridgehead atoms. The molecule has 0 unspecified atom stereocenters. The van der Waals surface area contributed by atoms with Gasteiger partial charge in [-0.3, -0.25) is 0 Å². The molecule has 4 nitrogen and oxygen atoms in total. The summed E-state index contributed by atoms with van der Waals surface area (Å²) in [6, 6.07) is 8.52. The molecule has 1 heterocycles. The van der Waals surface area contributed by atoms with Crippen LogP contribution in [0.3, 0.4) is 0 Å². The van der Waals surface area contributed by atoms with Gasteiger partial charge in [0.25, 0.3) is 0 Å². The lowest BCUT2D eigenvalue weighted by Gasteiger charge is -2.35. The highest BCUT2D eigenvalue weighted by molar-refractivity contribution is 5.89. The number of anilines is 1. The summed E-state index contributed by atoms with van der Waals surface area (Å²) in [5.74, 6) is 1.63. The van der Waals surface area contributed by atoms with Gasteiger partial charge in [0.15, 0.2) is 0 Å². The summed E-state index contributed by atoms with van der Waals surface area (Å²) >= 11 is 0. The van der Waals surface area contributed by atoms with Crippen molar-refractivity contribution in [3.05, 3.63) is 29.8 Å². The van der Waals surface area contributed by atoms with Gasteiger partial charge in [0, 0.05) is 18.8 Å². The summed E-state index contributed by atoms with van der Waals surface area (Å²) in [5.41, 5.74) is 2.31. The van der Waals surface area contributed by atoms with Crippen molar-refractivity contribution in [1.29, 1.82) is 0 Å². The van der Waals surface area contributed by atoms with Gasteiger partial charge in [0.05, 0.1) is 12.2 Å². The second-order valence-corrected chi connectivity index (χ2v) is 8.93. The van der Waals surface area contributed by atoms with Crippen molar-refractivity contribution in [3.63, 3.8) is 0 Å². The maximum absolute atomic E-state index is 12.5. The Morgan fingerprint density at radius 1 is 1.04 bits per heavy atom. The fraction of sp³-hybridized carbons (Fsp3) is 0.708. The van der Waals surface area contributed by atoms with Gasteiger partial charge < -0.3 is 15.0 Å².